The van der Waals surface area contributed by atoms with Crippen molar-refractivity contribution in [2.45, 2.75) is 12.7 Å². The summed E-state index contributed by atoms with van der Waals surface area (Å²) in [6.07, 6.45) is -4.54. The summed E-state index contributed by atoms with van der Waals surface area (Å²) in [5, 5.41) is 11.4. The van der Waals surface area contributed by atoms with E-state index in [1.165, 1.54) is 24.3 Å². The number of para-hydroxylation sites is 1. The highest BCUT2D eigenvalue weighted by Gasteiger charge is 2.30. The van der Waals surface area contributed by atoms with Gasteiger partial charge in [-0.2, -0.15) is 13.2 Å². The highest BCUT2D eigenvalue weighted by Crippen LogP contribution is 2.35. The first kappa shape index (κ1) is 20.2. The van der Waals surface area contributed by atoms with E-state index >= 15 is 0 Å². The predicted molar refractivity (Wildman–Crippen MR) is 102 cm³/mol. The molecule has 0 atom stereocenters. The average molecular weight is 403 g/mol. The molecule has 2 N–H and O–H groups in total. The fraction of sp³-hybridized carbons (Fsp3) is 0.100. The predicted octanol–water partition coefficient (Wildman–Crippen LogP) is 5.52. The summed E-state index contributed by atoms with van der Waals surface area (Å²) in [6, 6.07) is 17.7. The number of nitro benzene ring substituents is 1. The number of alkyl halides is 3. The maximum Gasteiger partial charge on any atom is 0.416 e. The number of hydrogen-bond donors (Lipinski definition) is 2. The summed E-state index contributed by atoms with van der Waals surface area (Å²) >= 11 is 0. The average Bonchev–Trinajstić information content (AvgIpc) is 2.69. The Kier molecular flexibility index (Phi) is 5.99. The molecule has 3 rings (SSSR count). The molecule has 150 valence electrons. The highest BCUT2D eigenvalue weighted by atomic mass is 19.4. The molecule has 29 heavy (non-hydrogen) atoms. The lowest BCUT2D eigenvalue weighted by Crippen LogP contribution is -2.20. The Balaban J connectivity index is 1.74. The van der Waals surface area contributed by atoms with Crippen LogP contribution >= 0.6 is 0 Å². The third-order valence-corrected chi connectivity index (χ3v) is 3.91. The topological polar surface area (TPSA) is 76.4 Å². The van der Waals surface area contributed by atoms with Crippen molar-refractivity contribution < 1.29 is 22.8 Å². The monoisotopic (exact) mass is 403 g/mol. The highest BCUT2D eigenvalue weighted by molar-refractivity contribution is 5.51. The van der Waals surface area contributed by atoms with Crippen LogP contribution in [0.4, 0.5) is 24.5 Å². The van der Waals surface area contributed by atoms with E-state index < -0.39 is 16.7 Å². The first-order valence-electron chi connectivity index (χ1n) is 8.49. The van der Waals surface area contributed by atoms with E-state index in [0.29, 0.717) is 5.56 Å². The zero-order chi connectivity index (χ0) is 20.9. The molecule has 0 aliphatic rings. The molecule has 3 aromatic rings. The molecule has 0 heterocycles. The van der Waals surface area contributed by atoms with Crippen LogP contribution in [0, 0.1) is 10.1 Å². The number of ether oxygens (including phenoxy) is 1. The summed E-state index contributed by atoms with van der Waals surface area (Å²) in [6.45, 7) is 0.277. The normalized spacial score (nSPS) is 11.1. The molecule has 0 bridgehead atoms. The molecule has 9 heteroatoms. The van der Waals surface area contributed by atoms with Crippen LogP contribution in [0.5, 0.6) is 11.5 Å². The number of anilines is 1. The molecule has 0 spiro atoms. The second-order valence-electron chi connectivity index (χ2n) is 6.03. The van der Waals surface area contributed by atoms with E-state index in [0.717, 1.165) is 17.8 Å². The molecule has 0 saturated heterocycles. The Bertz CT molecular complexity index is 995. The van der Waals surface area contributed by atoms with Crippen molar-refractivity contribution in [1.82, 2.24) is 5.43 Å². The zero-order valence-electron chi connectivity index (χ0n) is 14.9. The molecule has 3 aromatic carbocycles. The molecule has 0 amide bonds. The van der Waals surface area contributed by atoms with Crippen LogP contribution < -0.4 is 15.6 Å². The molecule has 0 aliphatic carbocycles. The first-order valence-corrected chi connectivity index (χ1v) is 8.49. The number of benzene rings is 3. The molecule has 0 fully saturated rings. The van der Waals surface area contributed by atoms with Gasteiger partial charge in [0.1, 0.15) is 5.75 Å². The zero-order valence-corrected chi connectivity index (χ0v) is 14.9. The van der Waals surface area contributed by atoms with Gasteiger partial charge in [-0.3, -0.25) is 10.1 Å². The van der Waals surface area contributed by atoms with Crippen LogP contribution in [-0.2, 0) is 12.7 Å². The van der Waals surface area contributed by atoms with Crippen LogP contribution in [0.3, 0.4) is 0 Å². The lowest BCUT2D eigenvalue weighted by Gasteiger charge is -2.11. The minimum absolute atomic E-state index is 0.139. The van der Waals surface area contributed by atoms with Crippen LogP contribution in [0.15, 0.2) is 72.8 Å². The van der Waals surface area contributed by atoms with Crippen LogP contribution in [0.1, 0.15) is 11.1 Å². The largest absolute Gasteiger partial charge is 0.450 e. The van der Waals surface area contributed by atoms with Gasteiger partial charge in [0.2, 0.25) is 5.75 Å². The third kappa shape index (κ3) is 5.45. The van der Waals surface area contributed by atoms with E-state index in [1.54, 1.807) is 6.07 Å². The van der Waals surface area contributed by atoms with E-state index in [4.69, 9.17) is 4.74 Å². The summed E-state index contributed by atoms with van der Waals surface area (Å²) in [5.41, 5.74) is 6.07. The van der Waals surface area contributed by atoms with E-state index in [2.05, 4.69) is 10.9 Å². The van der Waals surface area contributed by atoms with Gasteiger partial charge >= 0.3 is 11.9 Å². The summed E-state index contributed by atoms with van der Waals surface area (Å²) in [7, 11) is 0. The smallest absolute Gasteiger partial charge is 0.416 e. The minimum Gasteiger partial charge on any atom is -0.450 e. The van der Waals surface area contributed by atoms with Crippen molar-refractivity contribution in [2.75, 3.05) is 5.43 Å². The SMILES string of the molecule is O=[N+]([O-])c1cc(CNNc2ccccc2)ccc1Oc1cccc(C(F)(F)F)c1. The Morgan fingerprint density at radius 3 is 2.41 bits per heavy atom. The van der Waals surface area contributed by atoms with E-state index in [9.17, 15) is 23.3 Å². The van der Waals surface area contributed by atoms with Gasteiger partial charge in [0.15, 0.2) is 0 Å². The maximum atomic E-state index is 12.8. The van der Waals surface area contributed by atoms with Crippen molar-refractivity contribution in [2.24, 2.45) is 0 Å². The van der Waals surface area contributed by atoms with Gasteiger partial charge in [0, 0.05) is 18.3 Å². The van der Waals surface area contributed by atoms with Gasteiger partial charge in [-0.05, 0) is 42.0 Å². The molecule has 0 aliphatic heterocycles. The number of halogens is 3. The standard InChI is InChI=1S/C20H16F3N3O3/c21-20(22,23)15-5-4-8-17(12-15)29-19-10-9-14(11-18(19)26(27)28)13-24-25-16-6-2-1-3-7-16/h1-12,24-25H,13H2. The number of nitro groups is 1. The summed E-state index contributed by atoms with van der Waals surface area (Å²) in [4.78, 5) is 10.8. The van der Waals surface area contributed by atoms with Crippen LogP contribution in [0.25, 0.3) is 0 Å². The van der Waals surface area contributed by atoms with E-state index in [-0.39, 0.29) is 23.7 Å². The lowest BCUT2D eigenvalue weighted by molar-refractivity contribution is -0.385. The first-order chi connectivity index (χ1) is 13.8. The number of hydrazine groups is 1. The van der Waals surface area contributed by atoms with Crippen molar-refractivity contribution in [1.29, 1.82) is 0 Å². The third-order valence-electron chi connectivity index (χ3n) is 3.91. The fourth-order valence-corrected chi connectivity index (χ4v) is 2.53. The molecule has 0 saturated carbocycles. The second-order valence-corrected chi connectivity index (χ2v) is 6.03. The minimum atomic E-state index is -4.54. The van der Waals surface area contributed by atoms with Crippen LogP contribution in [-0.4, -0.2) is 4.92 Å². The molecule has 0 unspecified atom stereocenters. The van der Waals surface area contributed by atoms with Gasteiger partial charge in [0.05, 0.1) is 10.5 Å². The molecular formula is C20H16F3N3O3. The van der Waals surface area contributed by atoms with Gasteiger partial charge in [0.25, 0.3) is 0 Å². The van der Waals surface area contributed by atoms with Crippen molar-refractivity contribution in [3.8, 4) is 11.5 Å². The van der Waals surface area contributed by atoms with Gasteiger partial charge in [-0.15, -0.1) is 0 Å². The quantitative estimate of drug-likeness (QED) is 0.401. The van der Waals surface area contributed by atoms with E-state index in [1.807, 2.05) is 30.3 Å². The Labute approximate surface area is 164 Å². The Morgan fingerprint density at radius 2 is 1.72 bits per heavy atom. The fourth-order valence-electron chi connectivity index (χ4n) is 2.53. The van der Waals surface area contributed by atoms with Crippen molar-refractivity contribution >= 4 is 11.4 Å². The molecule has 6 nitrogen and oxygen atoms in total. The number of nitrogens with zero attached hydrogens (tertiary/aromatic N) is 1. The molecular weight excluding hydrogens is 387 g/mol. The maximum absolute atomic E-state index is 12.8. The van der Waals surface area contributed by atoms with Gasteiger partial charge in [-0.1, -0.05) is 30.3 Å². The van der Waals surface area contributed by atoms with Crippen LogP contribution in [0.2, 0.25) is 0 Å². The van der Waals surface area contributed by atoms with Gasteiger partial charge < -0.3 is 10.2 Å². The Morgan fingerprint density at radius 1 is 0.966 bits per heavy atom. The summed E-state index contributed by atoms with van der Waals surface area (Å²) in [5.74, 6) is -0.284. The van der Waals surface area contributed by atoms with Gasteiger partial charge in [-0.25, -0.2) is 5.43 Å². The number of hydrogen-bond acceptors (Lipinski definition) is 5. The van der Waals surface area contributed by atoms with Crippen molar-refractivity contribution in [3.63, 3.8) is 0 Å². The Hall–Kier alpha value is -3.59. The number of nitrogens with one attached hydrogen (secondary N) is 2. The molecule has 0 radical (unpaired) electrons. The second kappa shape index (κ2) is 8.61. The number of rotatable bonds is 7. The molecule has 0 aromatic heterocycles. The lowest BCUT2D eigenvalue weighted by atomic mass is 10.2. The van der Waals surface area contributed by atoms with Crippen molar-refractivity contribution in [3.05, 3.63) is 94.0 Å². The summed E-state index contributed by atoms with van der Waals surface area (Å²) < 4.78 is 43.9.